The summed E-state index contributed by atoms with van der Waals surface area (Å²) in [6, 6.07) is 5.99. The van der Waals surface area contributed by atoms with Crippen LogP contribution in [0.25, 0.3) is 0 Å². The molecule has 0 amide bonds. The summed E-state index contributed by atoms with van der Waals surface area (Å²) in [7, 11) is 1.65. The van der Waals surface area contributed by atoms with Gasteiger partial charge in [-0.3, -0.25) is 0 Å². The van der Waals surface area contributed by atoms with Gasteiger partial charge in [-0.05, 0) is 24.1 Å². The van der Waals surface area contributed by atoms with E-state index in [0.29, 0.717) is 12.5 Å². The maximum absolute atomic E-state index is 5.75. The molecule has 0 radical (unpaired) electrons. The minimum atomic E-state index is 0.434. The van der Waals surface area contributed by atoms with E-state index in [1.54, 1.807) is 18.4 Å². The first-order valence-electron chi connectivity index (χ1n) is 6.05. The zero-order valence-corrected chi connectivity index (χ0v) is 12.6. The Hall–Kier alpha value is -1.26. The lowest BCUT2D eigenvalue weighted by Crippen LogP contribution is -1.98. The summed E-state index contributed by atoms with van der Waals surface area (Å²) in [4.78, 5) is 4.35. The van der Waals surface area contributed by atoms with Crippen molar-refractivity contribution >= 4 is 22.9 Å². The Labute approximate surface area is 122 Å². The minimum absolute atomic E-state index is 0.434. The van der Waals surface area contributed by atoms with Crippen LogP contribution in [0.3, 0.4) is 0 Å². The van der Waals surface area contributed by atoms with E-state index in [0.717, 1.165) is 28.6 Å². The first kappa shape index (κ1) is 14.2. The average Bonchev–Trinajstić information content (AvgIpc) is 2.92. The molecule has 0 saturated carbocycles. The van der Waals surface area contributed by atoms with E-state index in [1.807, 2.05) is 23.6 Å². The van der Waals surface area contributed by atoms with Gasteiger partial charge in [0, 0.05) is 5.38 Å². The first-order valence-corrected chi connectivity index (χ1v) is 7.47. The van der Waals surface area contributed by atoms with Crippen LogP contribution in [-0.2, 0) is 18.9 Å². The second-order valence-electron chi connectivity index (χ2n) is 3.99. The number of benzene rings is 1. The van der Waals surface area contributed by atoms with Crippen LogP contribution in [-0.4, -0.2) is 12.1 Å². The fourth-order valence-corrected chi connectivity index (χ4v) is 2.60. The summed E-state index contributed by atoms with van der Waals surface area (Å²) >= 11 is 7.27. The van der Waals surface area contributed by atoms with Gasteiger partial charge in [0.2, 0.25) is 0 Å². The van der Waals surface area contributed by atoms with Gasteiger partial charge in [-0.2, -0.15) is 0 Å². The maximum Gasteiger partial charge on any atom is 0.161 e. The molecule has 1 aromatic heterocycles. The highest BCUT2D eigenvalue weighted by molar-refractivity contribution is 7.09. The number of hydrogen-bond acceptors (Lipinski definition) is 4. The van der Waals surface area contributed by atoms with Gasteiger partial charge in [0.15, 0.2) is 11.5 Å². The fourth-order valence-electron chi connectivity index (χ4n) is 1.67. The van der Waals surface area contributed by atoms with Crippen LogP contribution in [0.4, 0.5) is 0 Å². The topological polar surface area (TPSA) is 31.4 Å². The van der Waals surface area contributed by atoms with Crippen molar-refractivity contribution in [2.24, 2.45) is 0 Å². The Balaban J connectivity index is 2.06. The normalized spacial score (nSPS) is 10.5. The lowest BCUT2D eigenvalue weighted by atomic mass is 10.1. The van der Waals surface area contributed by atoms with Crippen molar-refractivity contribution in [1.29, 1.82) is 0 Å². The van der Waals surface area contributed by atoms with E-state index in [-0.39, 0.29) is 0 Å². The molecule has 0 bridgehead atoms. The van der Waals surface area contributed by atoms with E-state index in [4.69, 9.17) is 21.1 Å². The monoisotopic (exact) mass is 297 g/mol. The Morgan fingerprint density at radius 1 is 1.32 bits per heavy atom. The number of methoxy groups -OCH3 is 1. The van der Waals surface area contributed by atoms with Crippen LogP contribution in [0.1, 0.15) is 23.2 Å². The molecule has 5 heteroatoms. The van der Waals surface area contributed by atoms with Gasteiger partial charge in [0.1, 0.15) is 11.6 Å². The van der Waals surface area contributed by atoms with Crippen LogP contribution in [0, 0.1) is 0 Å². The molecule has 2 rings (SSSR count). The predicted octanol–water partition coefficient (Wildman–Crippen LogP) is 4.03. The summed E-state index contributed by atoms with van der Waals surface area (Å²) in [5, 5.41) is 2.86. The van der Waals surface area contributed by atoms with Crippen LogP contribution < -0.4 is 9.47 Å². The quantitative estimate of drug-likeness (QED) is 0.754. The molecule has 0 aliphatic rings. The maximum atomic E-state index is 5.75. The third-order valence-corrected chi connectivity index (χ3v) is 3.87. The second kappa shape index (κ2) is 6.78. The smallest absolute Gasteiger partial charge is 0.161 e. The largest absolute Gasteiger partial charge is 0.493 e. The van der Waals surface area contributed by atoms with Gasteiger partial charge in [0.25, 0.3) is 0 Å². The van der Waals surface area contributed by atoms with Gasteiger partial charge >= 0.3 is 0 Å². The number of halogens is 1. The van der Waals surface area contributed by atoms with Crippen molar-refractivity contribution in [2.45, 2.75) is 25.8 Å². The van der Waals surface area contributed by atoms with Crippen molar-refractivity contribution in [3.05, 3.63) is 39.8 Å². The number of aromatic nitrogens is 1. The molecule has 3 nitrogen and oxygen atoms in total. The Morgan fingerprint density at radius 3 is 2.79 bits per heavy atom. The number of alkyl halides is 1. The van der Waals surface area contributed by atoms with Crippen LogP contribution in [0.2, 0.25) is 0 Å². The van der Waals surface area contributed by atoms with Gasteiger partial charge < -0.3 is 9.47 Å². The first-order chi connectivity index (χ1) is 9.26. The minimum Gasteiger partial charge on any atom is -0.493 e. The number of hydrogen-bond donors (Lipinski definition) is 0. The molecule has 0 aliphatic carbocycles. The second-order valence-corrected chi connectivity index (χ2v) is 5.20. The summed E-state index contributed by atoms with van der Waals surface area (Å²) in [5.74, 6) is 1.93. The Kier molecular flexibility index (Phi) is 5.05. The summed E-state index contributed by atoms with van der Waals surface area (Å²) < 4.78 is 11.1. The molecule has 19 heavy (non-hydrogen) atoms. The molecular formula is C14H16ClNO2S. The van der Waals surface area contributed by atoms with E-state index in [9.17, 15) is 0 Å². The highest BCUT2D eigenvalue weighted by Crippen LogP contribution is 2.29. The van der Waals surface area contributed by atoms with E-state index < -0.39 is 0 Å². The molecule has 0 N–H and O–H groups in total. The zero-order chi connectivity index (χ0) is 13.7. The zero-order valence-electron chi connectivity index (χ0n) is 11.0. The van der Waals surface area contributed by atoms with Crippen molar-refractivity contribution in [3.8, 4) is 11.5 Å². The number of ether oxygens (including phenoxy) is 2. The van der Waals surface area contributed by atoms with Crippen LogP contribution >= 0.6 is 22.9 Å². The molecule has 0 spiro atoms. The van der Waals surface area contributed by atoms with Crippen LogP contribution in [0.5, 0.6) is 11.5 Å². The number of rotatable bonds is 6. The molecule has 1 aromatic carbocycles. The van der Waals surface area contributed by atoms with Crippen molar-refractivity contribution in [3.63, 3.8) is 0 Å². The van der Waals surface area contributed by atoms with Gasteiger partial charge in [-0.1, -0.05) is 13.0 Å². The summed E-state index contributed by atoms with van der Waals surface area (Å²) in [6.45, 7) is 2.54. The third kappa shape index (κ3) is 3.61. The lowest BCUT2D eigenvalue weighted by Gasteiger charge is -2.10. The van der Waals surface area contributed by atoms with Crippen LogP contribution in [0.15, 0.2) is 23.6 Å². The highest BCUT2D eigenvalue weighted by Gasteiger charge is 2.07. The summed E-state index contributed by atoms with van der Waals surface area (Å²) in [6.07, 6.45) is 0.974. The molecule has 1 heterocycles. The van der Waals surface area contributed by atoms with Crippen molar-refractivity contribution in [1.82, 2.24) is 4.98 Å². The van der Waals surface area contributed by atoms with Gasteiger partial charge in [-0.15, -0.1) is 22.9 Å². The predicted molar refractivity (Wildman–Crippen MR) is 78.4 cm³/mol. The SMILES string of the molecule is CCc1ccc(OCc2nc(CCl)cs2)c(OC)c1. The molecule has 0 unspecified atom stereocenters. The van der Waals surface area contributed by atoms with Crippen molar-refractivity contribution < 1.29 is 9.47 Å². The Bertz CT molecular complexity index is 542. The number of thiazole rings is 1. The standard InChI is InChI=1S/C14H16ClNO2S/c1-3-10-4-5-12(13(6-10)17-2)18-8-14-16-11(7-15)9-19-14/h4-6,9H,3,7-8H2,1-2H3. The molecule has 0 atom stereocenters. The highest BCUT2D eigenvalue weighted by atomic mass is 35.5. The van der Waals surface area contributed by atoms with E-state index in [1.165, 1.54) is 5.56 Å². The lowest BCUT2D eigenvalue weighted by molar-refractivity contribution is 0.283. The number of aryl methyl sites for hydroxylation is 1. The fraction of sp³-hybridized carbons (Fsp3) is 0.357. The molecule has 0 saturated heterocycles. The molecule has 0 fully saturated rings. The number of nitrogens with zero attached hydrogens (tertiary/aromatic N) is 1. The molecular weight excluding hydrogens is 282 g/mol. The third-order valence-electron chi connectivity index (χ3n) is 2.72. The average molecular weight is 298 g/mol. The van der Waals surface area contributed by atoms with Gasteiger partial charge in [-0.25, -0.2) is 4.98 Å². The molecule has 0 aliphatic heterocycles. The van der Waals surface area contributed by atoms with Crippen molar-refractivity contribution in [2.75, 3.05) is 7.11 Å². The molecule has 2 aromatic rings. The Morgan fingerprint density at radius 2 is 2.16 bits per heavy atom. The molecule has 102 valence electrons. The van der Waals surface area contributed by atoms with Gasteiger partial charge in [0.05, 0.1) is 18.7 Å². The van der Waals surface area contributed by atoms with E-state index >= 15 is 0 Å². The van der Waals surface area contributed by atoms with E-state index in [2.05, 4.69) is 11.9 Å². The summed E-state index contributed by atoms with van der Waals surface area (Å²) in [5.41, 5.74) is 2.11.